The molecular weight excluding hydrogens is 344 g/mol. The van der Waals surface area contributed by atoms with Gasteiger partial charge in [-0.3, -0.25) is 5.10 Å². The third kappa shape index (κ3) is 3.65. The number of benzene rings is 1. The Morgan fingerprint density at radius 2 is 2.08 bits per heavy atom. The van der Waals surface area contributed by atoms with Crippen LogP contribution in [-0.4, -0.2) is 45.9 Å². The van der Waals surface area contributed by atoms with Crippen molar-refractivity contribution in [1.82, 2.24) is 15.2 Å². The van der Waals surface area contributed by atoms with Crippen LogP contribution in [0.2, 0.25) is 0 Å². The fraction of sp³-hybridized carbons (Fsp3) is 0.400. The monoisotopic (exact) mass is 368 g/mol. The molecule has 0 aliphatic carbocycles. The van der Waals surface area contributed by atoms with Crippen LogP contribution in [-0.2, 0) is 0 Å². The number of nitrogens with zero attached hydrogens (tertiary/aromatic N) is 3. The number of H-pyrrole nitrogens is 1. The van der Waals surface area contributed by atoms with E-state index in [1.165, 1.54) is 12.2 Å². The van der Waals surface area contributed by atoms with Gasteiger partial charge in [0.15, 0.2) is 0 Å². The normalized spacial score (nSPS) is 15.4. The van der Waals surface area contributed by atoms with Crippen molar-refractivity contribution in [2.75, 3.05) is 29.5 Å². The van der Waals surface area contributed by atoms with Gasteiger partial charge in [0.2, 0.25) is 0 Å². The topological polar surface area (TPSA) is 54.0 Å². The highest BCUT2D eigenvalue weighted by Gasteiger charge is 2.15. The number of aromatic nitrogens is 3. The predicted molar refractivity (Wildman–Crippen MR) is 109 cm³/mol. The molecule has 2 aromatic heterocycles. The van der Waals surface area contributed by atoms with Gasteiger partial charge in [-0.1, -0.05) is 0 Å². The molecule has 0 unspecified atom stereocenters. The molecule has 1 aliphatic heterocycles. The van der Waals surface area contributed by atoms with Crippen LogP contribution in [0.3, 0.4) is 0 Å². The minimum absolute atomic E-state index is 0.149. The molecule has 0 saturated carbocycles. The van der Waals surface area contributed by atoms with Crippen LogP contribution in [0.4, 0.5) is 5.82 Å². The molecule has 0 atom stereocenters. The van der Waals surface area contributed by atoms with Gasteiger partial charge in [0.05, 0.1) is 11.6 Å². The van der Waals surface area contributed by atoms with E-state index in [4.69, 9.17) is 4.74 Å². The first-order valence-electron chi connectivity index (χ1n) is 9.14. The molecule has 0 bridgehead atoms. The lowest BCUT2D eigenvalue weighted by Gasteiger charge is -2.21. The molecule has 4 rings (SSSR count). The molecule has 0 spiro atoms. The van der Waals surface area contributed by atoms with E-state index >= 15 is 0 Å². The molecule has 1 N–H and O–H groups in total. The van der Waals surface area contributed by atoms with E-state index in [1.54, 1.807) is 0 Å². The third-order valence-electron chi connectivity index (χ3n) is 4.47. The molecule has 3 aromatic rings. The third-order valence-corrected chi connectivity index (χ3v) is 5.52. The van der Waals surface area contributed by atoms with Crippen molar-refractivity contribution in [3.63, 3.8) is 0 Å². The van der Waals surface area contributed by atoms with Gasteiger partial charge in [-0.05, 0) is 56.4 Å². The zero-order valence-electron chi connectivity index (χ0n) is 15.2. The Labute approximate surface area is 158 Å². The van der Waals surface area contributed by atoms with Gasteiger partial charge in [-0.15, -0.1) is 0 Å². The predicted octanol–water partition coefficient (Wildman–Crippen LogP) is 4.36. The molecule has 26 heavy (non-hydrogen) atoms. The maximum absolute atomic E-state index is 5.85. The molecule has 0 amide bonds. The summed E-state index contributed by atoms with van der Waals surface area (Å²) in [5, 5.41) is 8.77. The van der Waals surface area contributed by atoms with Crippen molar-refractivity contribution in [2.45, 2.75) is 26.4 Å². The van der Waals surface area contributed by atoms with E-state index in [9.17, 15) is 0 Å². The van der Waals surface area contributed by atoms with Crippen molar-refractivity contribution in [3.05, 3.63) is 36.5 Å². The highest BCUT2D eigenvalue weighted by Crippen LogP contribution is 2.31. The molecule has 6 heteroatoms. The lowest BCUT2D eigenvalue weighted by Crippen LogP contribution is -2.26. The average molecular weight is 369 g/mol. The summed E-state index contributed by atoms with van der Waals surface area (Å²) in [6.07, 6.45) is 3.24. The second kappa shape index (κ2) is 7.58. The van der Waals surface area contributed by atoms with Crippen LogP contribution in [0.25, 0.3) is 22.2 Å². The minimum atomic E-state index is 0.149. The molecule has 136 valence electrons. The van der Waals surface area contributed by atoms with Crippen LogP contribution in [0.1, 0.15) is 20.3 Å². The molecular formula is C20H24N4OS. The van der Waals surface area contributed by atoms with Crippen LogP contribution in [0, 0.1) is 0 Å². The quantitative estimate of drug-likeness (QED) is 0.742. The first-order valence-corrected chi connectivity index (χ1v) is 10.3. The SMILES string of the molecule is CC(C)Oc1ccc2[nH]nc(-c3ccnc(N4CCCSCC4)c3)c2c1. The number of hydrogen-bond acceptors (Lipinski definition) is 5. The largest absolute Gasteiger partial charge is 0.491 e. The number of hydrogen-bond donors (Lipinski definition) is 1. The van der Waals surface area contributed by atoms with Gasteiger partial charge >= 0.3 is 0 Å². The van der Waals surface area contributed by atoms with E-state index in [-0.39, 0.29) is 6.10 Å². The highest BCUT2D eigenvalue weighted by atomic mass is 32.2. The molecule has 3 heterocycles. The Hall–Kier alpha value is -2.21. The Balaban J connectivity index is 1.69. The molecule has 1 fully saturated rings. The zero-order chi connectivity index (χ0) is 17.9. The second-order valence-electron chi connectivity index (χ2n) is 6.80. The summed E-state index contributed by atoms with van der Waals surface area (Å²) in [6, 6.07) is 10.3. The van der Waals surface area contributed by atoms with Crippen molar-refractivity contribution in [3.8, 4) is 17.0 Å². The molecule has 0 radical (unpaired) electrons. The van der Waals surface area contributed by atoms with E-state index < -0.39 is 0 Å². The molecule has 1 aliphatic rings. The number of rotatable bonds is 4. The molecule has 1 aromatic carbocycles. The van der Waals surface area contributed by atoms with Crippen LogP contribution in [0.15, 0.2) is 36.5 Å². The fourth-order valence-electron chi connectivity index (χ4n) is 3.27. The van der Waals surface area contributed by atoms with E-state index in [2.05, 4.69) is 32.2 Å². The van der Waals surface area contributed by atoms with Crippen LogP contribution < -0.4 is 9.64 Å². The summed E-state index contributed by atoms with van der Waals surface area (Å²) in [4.78, 5) is 6.99. The number of thioether (sulfide) groups is 1. The molecule has 5 nitrogen and oxygen atoms in total. The number of pyridine rings is 1. The standard InChI is InChI=1S/C20H24N4OS/c1-14(2)25-16-4-5-18-17(13-16)20(23-22-18)15-6-7-21-19(12-15)24-8-3-10-26-11-9-24/h4-7,12-14H,3,8-11H2,1-2H3,(H,22,23). The maximum atomic E-state index is 5.85. The lowest BCUT2D eigenvalue weighted by molar-refractivity contribution is 0.243. The Kier molecular flexibility index (Phi) is 5.02. The van der Waals surface area contributed by atoms with E-state index in [0.717, 1.165) is 52.6 Å². The van der Waals surface area contributed by atoms with Crippen LogP contribution in [0.5, 0.6) is 5.75 Å². The van der Waals surface area contributed by atoms with Crippen molar-refractivity contribution >= 4 is 28.5 Å². The summed E-state index contributed by atoms with van der Waals surface area (Å²) in [7, 11) is 0. The number of fused-ring (bicyclic) bond motifs is 1. The Morgan fingerprint density at radius 1 is 1.15 bits per heavy atom. The Morgan fingerprint density at radius 3 is 2.96 bits per heavy atom. The summed E-state index contributed by atoms with van der Waals surface area (Å²) >= 11 is 2.02. The first-order chi connectivity index (χ1) is 12.7. The molecule has 1 saturated heterocycles. The van der Waals surface area contributed by atoms with Crippen molar-refractivity contribution in [1.29, 1.82) is 0 Å². The number of aromatic amines is 1. The summed E-state index contributed by atoms with van der Waals surface area (Å²) in [5.41, 5.74) is 3.04. The van der Waals surface area contributed by atoms with Gasteiger partial charge in [0.25, 0.3) is 0 Å². The Bertz CT molecular complexity index is 884. The average Bonchev–Trinajstić information content (AvgIpc) is 2.86. The second-order valence-corrected chi connectivity index (χ2v) is 8.03. The highest BCUT2D eigenvalue weighted by molar-refractivity contribution is 7.99. The van der Waals surface area contributed by atoms with E-state index in [1.807, 2.05) is 50.0 Å². The number of nitrogens with one attached hydrogen (secondary N) is 1. The number of ether oxygens (including phenoxy) is 1. The minimum Gasteiger partial charge on any atom is -0.491 e. The summed E-state index contributed by atoms with van der Waals surface area (Å²) in [5.74, 6) is 4.30. The van der Waals surface area contributed by atoms with Crippen LogP contribution >= 0.6 is 11.8 Å². The van der Waals surface area contributed by atoms with Gasteiger partial charge in [-0.2, -0.15) is 16.9 Å². The summed E-state index contributed by atoms with van der Waals surface area (Å²) in [6.45, 7) is 6.19. The number of anilines is 1. The van der Waals surface area contributed by atoms with Crippen molar-refractivity contribution in [2.24, 2.45) is 0 Å². The van der Waals surface area contributed by atoms with Crippen molar-refractivity contribution < 1.29 is 4.74 Å². The fourth-order valence-corrected chi connectivity index (χ4v) is 4.16. The van der Waals surface area contributed by atoms with Gasteiger partial charge < -0.3 is 9.64 Å². The van der Waals surface area contributed by atoms with E-state index in [0.29, 0.717) is 0 Å². The zero-order valence-corrected chi connectivity index (χ0v) is 16.1. The summed E-state index contributed by atoms with van der Waals surface area (Å²) < 4.78 is 5.85. The maximum Gasteiger partial charge on any atom is 0.129 e. The van der Waals surface area contributed by atoms with Gasteiger partial charge in [-0.25, -0.2) is 4.98 Å². The van der Waals surface area contributed by atoms with Gasteiger partial charge in [0.1, 0.15) is 17.3 Å². The lowest BCUT2D eigenvalue weighted by atomic mass is 10.1. The van der Waals surface area contributed by atoms with Gasteiger partial charge in [0, 0.05) is 36.0 Å². The smallest absolute Gasteiger partial charge is 0.129 e. The first kappa shape index (κ1) is 17.2.